The largest absolute Gasteiger partial charge is 0.295 e. The highest BCUT2D eigenvalue weighted by atomic mass is 32.2. The highest BCUT2D eigenvalue weighted by Gasteiger charge is 2.15. The summed E-state index contributed by atoms with van der Waals surface area (Å²) in [5, 5.41) is 0. The van der Waals surface area contributed by atoms with E-state index in [2.05, 4.69) is 4.72 Å². The molecule has 4 nitrogen and oxygen atoms in total. The summed E-state index contributed by atoms with van der Waals surface area (Å²) in [6.45, 7) is 0.995. The van der Waals surface area contributed by atoms with E-state index in [-0.39, 0.29) is 22.8 Å². The summed E-state index contributed by atoms with van der Waals surface area (Å²) >= 11 is 0. The lowest BCUT2D eigenvalue weighted by Crippen LogP contribution is -2.23. The van der Waals surface area contributed by atoms with Crippen LogP contribution in [0.1, 0.15) is 22.8 Å². The molecular weight excluding hydrogens is 312 g/mol. The van der Waals surface area contributed by atoms with Crippen LogP contribution in [0.2, 0.25) is 0 Å². The van der Waals surface area contributed by atoms with Crippen LogP contribution in [0.3, 0.4) is 0 Å². The Morgan fingerprint density at radius 2 is 1.73 bits per heavy atom. The van der Waals surface area contributed by atoms with Crippen LogP contribution in [-0.4, -0.2) is 14.2 Å². The van der Waals surface area contributed by atoms with Gasteiger partial charge in [-0.2, -0.15) is 0 Å². The summed E-state index contributed by atoms with van der Waals surface area (Å²) in [6, 6.07) is 8.15. The van der Waals surface area contributed by atoms with Crippen LogP contribution in [0.25, 0.3) is 0 Å². The van der Waals surface area contributed by atoms with Crippen LogP contribution in [0.4, 0.5) is 8.78 Å². The zero-order valence-corrected chi connectivity index (χ0v) is 12.5. The predicted octanol–water partition coefficient (Wildman–Crippen LogP) is 2.65. The number of rotatable bonds is 5. The third-order valence-corrected chi connectivity index (χ3v) is 4.45. The molecule has 2 aromatic rings. The Morgan fingerprint density at radius 1 is 1.09 bits per heavy atom. The molecule has 0 saturated heterocycles. The summed E-state index contributed by atoms with van der Waals surface area (Å²) in [5.41, 5.74) is 0.291. The molecule has 22 heavy (non-hydrogen) atoms. The molecular formula is C15H13F2NO3S. The van der Waals surface area contributed by atoms with Gasteiger partial charge < -0.3 is 0 Å². The number of Topliss-reactive ketones (excluding diaryl/α,β-unsaturated/α-hetero) is 1. The van der Waals surface area contributed by atoms with Gasteiger partial charge in [-0.05, 0) is 37.3 Å². The lowest BCUT2D eigenvalue weighted by atomic mass is 10.2. The van der Waals surface area contributed by atoms with Crippen LogP contribution in [0, 0.1) is 11.6 Å². The molecule has 0 radical (unpaired) electrons. The first-order valence-electron chi connectivity index (χ1n) is 6.34. The first kappa shape index (κ1) is 16.3. The number of hydrogen-bond acceptors (Lipinski definition) is 3. The average Bonchev–Trinajstić information content (AvgIpc) is 2.48. The van der Waals surface area contributed by atoms with E-state index in [0.717, 1.165) is 18.2 Å². The van der Waals surface area contributed by atoms with E-state index in [0.29, 0.717) is 5.56 Å². The first-order chi connectivity index (χ1) is 10.3. The van der Waals surface area contributed by atoms with Gasteiger partial charge in [0.05, 0.1) is 4.90 Å². The van der Waals surface area contributed by atoms with Gasteiger partial charge in [-0.25, -0.2) is 21.9 Å². The number of nitrogens with one attached hydrogen (secondary N) is 1. The van der Waals surface area contributed by atoms with E-state index < -0.39 is 21.7 Å². The molecule has 0 unspecified atom stereocenters. The second-order valence-corrected chi connectivity index (χ2v) is 6.41. The van der Waals surface area contributed by atoms with Gasteiger partial charge in [-0.1, -0.05) is 12.1 Å². The van der Waals surface area contributed by atoms with Crippen molar-refractivity contribution in [1.29, 1.82) is 0 Å². The zero-order chi connectivity index (χ0) is 16.3. The quantitative estimate of drug-likeness (QED) is 0.860. The lowest BCUT2D eigenvalue weighted by Gasteiger charge is -2.08. The van der Waals surface area contributed by atoms with Gasteiger partial charge in [0.15, 0.2) is 5.78 Å². The number of carbonyl (C=O) groups excluding carboxylic acids is 1. The minimum atomic E-state index is -3.88. The number of carbonyl (C=O) groups is 1. The Hall–Kier alpha value is -2.12. The molecule has 0 atom stereocenters. The molecule has 0 amide bonds. The topological polar surface area (TPSA) is 63.2 Å². The van der Waals surface area contributed by atoms with Crippen molar-refractivity contribution in [2.45, 2.75) is 18.4 Å². The highest BCUT2D eigenvalue weighted by molar-refractivity contribution is 7.89. The maximum atomic E-state index is 13.5. The Morgan fingerprint density at radius 3 is 2.32 bits per heavy atom. The number of ketones is 1. The van der Waals surface area contributed by atoms with Crippen LogP contribution < -0.4 is 4.72 Å². The van der Waals surface area contributed by atoms with Crippen LogP contribution in [-0.2, 0) is 16.6 Å². The Bertz CT molecular complexity index is 802. The second-order valence-electron chi connectivity index (χ2n) is 4.64. The Kier molecular flexibility index (Phi) is 4.68. The summed E-state index contributed by atoms with van der Waals surface area (Å²) in [6.07, 6.45) is 0. The second kappa shape index (κ2) is 6.33. The molecule has 0 aromatic heterocycles. The molecule has 1 N–H and O–H groups in total. The van der Waals surface area contributed by atoms with Gasteiger partial charge in [0.1, 0.15) is 11.6 Å². The van der Waals surface area contributed by atoms with E-state index in [9.17, 15) is 22.0 Å². The van der Waals surface area contributed by atoms with Gasteiger partial charge in [-0.15, -0.1) is 0 Å². The van der Waals surface area contributed by atoms with Gasteiger partial charge in [-0.3, -0.25) is 4.79 Å². The molecule has 2 rings (SSSR count). The summed E-state index contributed by atoms with van der Waals surface area (Å²) in [4.78, 5) is 11.1. The van der Waals surface area contributed by atoms with Crippen molar-refractivity contribution in [3.8, 4) is 0 Å². The summed E-state index contributed by atoms with van der Waals surface area (Å²) in [5.74, 6) is -1.53. The molecule has 0 heterocycles. The minimum absolute atomic E-state index is 0.0608. The van der Waals surface area contributed by atoms with Gasteiger partial charge >= 0.3 is 0 Å². The molecule has 0 aliphatic heterocycles. The summed E-state index contributed by atoms with van der Waals surface area (Å²) < 4.78 is 52.8. The normalized spacial score (nSPS) is 11.4. The molecule has 0 aliphatic rings. The van der Waals surface area contributed by atoms with Crippen LogP contribution in [0.5, 0.6) is 0 Å². The maximum Gasteiger partial charge on any atom is 0.240 e. The van der Waals surface area contributed by atoms with E-state index in [4.69, 9.17) is 0 Å². The van der Waals surface area contributed by atoms with Crippen molar-refractivity contribution in [1.82, 2.24) is 4.72 Å². The maximum absolute atomic E-state index is 13.5. The third-order valence-electron chi connectivity index (χ3n) is 3.03. The molecule has 0 aliphatic carbocycles. The minimum Gasteiger partial charge on any atom is -0.295 e. The van der Waals surface area contributed by atoms with Crippen molar-refractivity contribution in [3.05, 3.63) is 65.2 Å². The molecule has 2 aromatic carbocycles. The van der Waals surface area contributed by atoms with Crippen molar-refractivity contribution in [2.24, 2.45) is 0 Å². The molecule has 0 fully saturated rings. The fourth-order valence-electron chi connectivity index (χ4n) is 1.80. The van der Waals surface area contributed by atoms with Crippen LogP contribution >= 0.6 is 0 Å². The standard InChI is InChI=1S/C15H13F2NO3S/c1-10(19)11-2-5-14(6-3-11)22(20,21)18-9-12-8-13(16)4-7-15(12)17/h2-8,18H,9H2,1H3. The van der Waals surface area contributed by atoms with E-state index in [1.807, 2.05) is 0 Å². The molecule has 0 bridgehead atoms. The fraction of sp³-hybridized carbons (Fsp3) is 0.133. The Balaban J connectivity index is 2.17. The van der Waals surface area contributed by atoms with Crippen LogP contribution in [0.15, 0.2) is 47.4 Å². The van der Waals surface area contributed by atoms with E-state index in [1.165, 1.54) is 31.2 Å². The first-order valence-corrected chi connectivity index (χ1v) is 7.82. The fourth-order valence-corrected chi connectivity index (χ4v) is 2.81. The molecule has 7 heteroatoms. The van der Waals surface area contributed by atoms with Crippen molar-refractivity contribution >= 4 is 15.8 Å². The third kappa shape index (κ3) is 3.75. The average molecular weight is 325 g/mol. The lowest BCUT2D eigenvalue weighted by molar-refractivity contribution is 0.101. The number of benzene rings is 2. The number of hydrogen-bond donors (Lipinski definition) is 1. The van der Waals surface area contributed by atoms with Crippen molar-refractivity contribution < 1.29 is 22.0 Å². The molecule has 0 saturated carbocycles. The SMILES string of the molecule is CC(=O)c1ccc(S(=O)(=O)NCc2cc(F)ccc2F)cc1. The molecule has 0 spiro atoms. The number of halogens is 2. The van der Waals surface area contributed by atoms with Gasteiger partial charge in [0, 0.05) is 17.7 Å². The summed E-state index contributed by atoms with van der Waals surface area (Å²) in [7, 11) is -3.88. The Labute approximate surface area is 126 Å². The zero-order valence-electron chi connectivity index (χ0n) is 11.6. The van der Waals surface area contributed by atoms with E-state index >= 15 is 0 Å². The van der Waals surface area contributed by atoms with E-state index in [1.54, 1.807) is 0 Å². The van der Waals surface area contributed by atoms with Gasteiger partial charge in [0.25, 0.3) is 0 Å². The monoisotopic (exact) mass is 325 g/mol. The predicted molar refractivity (Wildman–Crippen MR) is 76.8 cm³/mol. The van der Waals surface area contributed by atoms with Crippen molar-refractivity contribution in [3.63, 3.8) is 0 Å². The van der Waals surface area contributed by atoms with Gasteiger partial charge in [0.2, 0.25) is 10.0 Å². The highest BCUT2D eigenvalue weighted by Crippen LogP contribution is 2.14. The molecule has 116 valence electrons. The smallest absolute Gasteiger partial charge is 0.240 e. The van der Waals surface area contributed by atoms with Crippen molar-refractivity contribution in [2.75, 3.05) is 0 Å². The number of sulfonamides is 1.